The van der Waals surface area contributed by atoms with Crippen molar-refractivity contribution in [2.24, 2.45) is 0 Å². The third-order valence-corrected chi connectivity index (χ3v) is 3.91. The Bertz CT molecular complexity index is 896. The van der Waals surface area contributed by atoms with Crippen LogP contribution in [0.1, 0.15) is 15.9 Å². The van der Waals surface area contributed by atoms with Crippen LogP contribution in [-0.4, -0.2) is 18.1 Å². The summed E-state index contributed by atoms with van der Waals surface area (Å²) in [4.78, 5) is 21.7. The van der Waals surface area contributed by atoms with E-state index < -0.39 is 5.97 Å². The number of anilines is 1. The number of methoxy groups -OCH3 is 1. The number of fused-ring (bicyclic) bond motifs is 1. The average Bonchev–Trinajstić information content (AvgIpc) is 2.60. The highest BCUT2D eigenvalue weighted by molar-refractivity contribution is 6.33. The van der Waals surface area contributed by atoms with E-state index in [2.05, 4.69) is 10.5 Å². The number of aromatic nitrogens is 1. The van der Waals surface area contributed by atoms with E-state index in [0.29, 0.717) is 27.5 Å². The normalized spacial score (nSPS) is 10.0. The van der Waals surface area contributed by atoms with Crippen LogP contribution in [0.5, 0.6) is 5.75 Å². The molecule has 0 saturated heterocycles. The SMILES string of the molecule is COc1cccc2cc(C(=O)ONc3c(C)cccc3Cl)cnc12.Cl. The summed E-state index contributed by atoms with van der Waals surface area (Å²) in [5.41, 5.74) is 5.06. The molecule has 130 valence electrons. The summed E-state index contributed by atoms with van der Waals surface area (Å²) >= 11 is 6.09. The second-order valence-electron chi connectivity index (χ2n) is 5.18. The number of rotatable bonds is 4. The van der Waals surface area contributed by atoms with E-state index in [1.165, 1.54) is 6.20 Å². The van der Waals surface area contributed by atoms with Gasteiger partial charge in [-0.3, -0.25) is 4.98 Å². The van der Waals surface area contributed by atoms with Crippen molar-refractivity contribution in [3.8, 4) is 5.75 Å². The van der Waals surface area contributed by atoms with E-state index in [1.54, 1.807) is 19.2 Å². The van der Waals surface area contributed by atoms with Crippen LogP contribution in [0.25, 0.3) is 10.9 Å². The predicted molar refractivity (Wildman–Crippen MR) is 101 cm³/mol. The zero-order valence-corrected chi connectivity index (χ0v) is 15.1. The van der Waals surface area contributed by atoms with Gasteiger partial charge in [0.2, 0.25) is 0 Å². The molecule has 0 fully saturated rings. The van der Waals surface area contributed by atoms with E-state index in [0.717, 1.165) is 10.9 Å². The van der Waals surface area contributed by atoms with Gasteiger partial charge in [-0.25, -0.2) is 10.3 Å². The first-order valence-electron chi connectivity index (χ1n) is 7.25. The van der Waals surface area contributed by atoms with Gasteiger partial charge in [0.25, 0.3) is 0 Å². The molecule has 5 nitrogen and oxygen atoms in total. The Kier molecular flexibility index (Phi) is 6.07. The number of pyridine rings is 1. The van der Waals surface area contributed by atoms with Gasteiger partial charge < -0.3 is 9.57 Å². The second kappa shape index (κ2) is 8.05. The zero-order chi connectivity index (χ0) is 17.1. The highest BCUT2D eigenvalue weighted by Gasteiger charge is 2.12. The van der Waals surface area contributed by atoms with Gasteiger partial charge in [-0.1, -0.05) is 35.9 Å². The first-order chi connectivity index (χ1) is 11.6. The van der Waals surface area contributed by atoms with Crippen molar-refractivity contribution in [3.63, 3.8) is 0 Å². The Hall–Kier alpha value is -2.50. The van der Waals surface area contributed by atoms with Crippen LogP contribution in [-0.2, 0) is 4.84 Å². The third-order valence-electron chi connectivity index (χ3n) is 3.60. The lowest BCUT2D eigenvalue weighted by Crippen LogP contribution is -2.12. The average molecular weight is 379 g/mol. The number of carbonyl (C=O) groups excluding carboxylic acids is 1. The van der Waals surface area contributed by atoms with E-state index in [1.807, 2.05) is 37.3 Å². The molecule has 0 aliphatic rings. The molecule has 0 aliphatic carbocycles. The quantitative estimate of drug-likeness (QED) is 0.659. The maximum Gasteiger partial charge on any atom is 0.364 e. The van der Waals surface area contributed by atoms with Gasteiger partial charge in [0.15, 0.2) is 0 Å². The summed E-state index contributed by atoms with van der Waals surface area (Å²) < 4.78 is 5.25. The van der Waals surface area contributed by atoms with Crippen molar-refractivity contribution >= 4 is 46.6 Å². The van der Waals surface area contributed by atoms with Crippen molar-refractivity contribution in [2.45, 2.75) is 6.92 Å². The summed E-state index contributed by atoms with van der Waals surface area (Å²) in [5.74, 6) is 0.101. The molecule has 0 unspecified atom stereocenters. The van der Waals surface area contributed by atoms with Crippen molar-refractivity contribution in [1.82, 2.24) is 4.98 Å². The number of nitrogens with one attached hydrogen (secondary N) is 1. The molecule has 0 aliphatic heterocycles. The molecule has 7 heteroatoms. The zero-order valence-electron chi connectivity index (χ0n) is 13.6. The minimum absolute atomic E-state index is 0. The molecule has 1 aromatic heterocycles. The molecule has 0 radical (unpaired) electrons. The van der Waals surface area contributed by atoms with Crippen LogP contribution in [0, 0.1) is 6.92 Å². The third kappa shape index (κ3) is 3.95. The minimum Gasteiger partial charge on any atom is -0.494 e. The first kappa shape index (κ1) is 18.8. The van der Waals surface area contributed by atoms with E-state index in [9.17, 15) is 4.79 Å². The number of hydrogen-bond donors (Lipinski definition) is 1. The van der Waals surface area contributed by atoms with Crippen LogP contribution < -0.4 is 10.2 Å². The lowest BCUT2D eigenvalue weighted by Gasteiger charge is -2.11. The van der Waals surface area contributed by atoms with E-state index >= 15 is 0 Å². The van der Waals surface area contributed by atoms with E-state index in [-0.39, 0.29) is 12.4 Å². The molecule has 0 spiro atoms. The summed E-state index contributed by atoms with van der Waals surface area (Å²) in [6, 6.07) is 12.6. The Balaban J connectivity index is 0.00000225. The number of nitrogens with zero attached hydrogens (tertiary/aromatic N) is 1. The van der Waals surface area contributed by atoms with E-state index in [4.69, 9.17) is 21.2 Å². The van der Waals surface area contributed by atoms with Crippen LogP contribution in [0.3, 0.4) is 0 Å². The Morgan fingerprint density at radius 2 is 1.96 bits per heavy atom. The summed E-state index contributed by atoms with van der Waals surface area (Å²) in [6.45, 7) is 1.87. The fourth-order valence-electron chi connectivity index (χ4n) is 2.33. The predicted octanol–water partition coefficient (Wildman–Crippen LogP) is 4.81. The lowest BCUT2D eigenvalue weighted by atomic mass is 10.1. The maximum absolute atomic E-state index is 12.2. The van der Waals surface area contributed by atoms with Gasteiger partial charge in [0, 0.05) is 11.6 Å². The molecule has 3 aromatic rings. The first-order valence-corrected chi connectivity index (χ1v) is 7.63. The standard InChI is InChI=1S/C18H15ClN2O3.ClH/c1-11-5-3-7-14(19)16(11)21-24-18(22)13-9-12-6-4-8-15(23-2)17(12)20-10-13;/h3-10,21H,1-2H3;1H. The number of halogens is 2. The molecular formula is C18H16Cl2N2O3. The van der Waals surface area contributed by atoms with Crippen LogP contribution in [0.15, 0.2) is 48.7 Å². The van der Waals surface area contributed by atoms with Crippen LogP contribution in [0.2, 0.25) is 5.02 Å². The number of carbonyl (C=O) groups is 1. The molecular weight excluding hydrogens is 363 g/mol. The molecule has 25 heavy (non-hydrogen) atoms. The number of aryl methyl sites for hydroxylation is 1. The Morgan fingerprint density at radius 1 is 1.20 bits per heavy atom. The molecule has 2 aromatic carbocycles. The molecule has 0 bridgehead atoms. The van der Waals surface area contributed by atoms with Crippen molar-refractivity contribution in [3.05, 3.63) is 64.8 Å². The Labute approximate surface area is 156 Å². The molecule has 0 atom stereocenters. The fraction of sp³-hybridized carbons (Fsp3) is 0.111. The largest absolute Gasteiger partial charge is 0.494 e. The van der Waals surface area contributed by atoms with Crippen molar-refractivity contribution < 1.29 is 14.4 Å². The van der Waals surface area contributed by atoms with Gasteiger partial charge in [0.1, 0.15) is 11.3 Å². The van der Waals surface area contributed by atoms with Crippen molar-refractivity contribution in [1.29, 1.82) is 0 Å². The highest BCUT2D eigenvalue weighted by atomic mass is 35.5. The smallest absolute Gasteiger partial charge is 0.364 e. The van der Waals surface area contributed by atoms with Gasteiger partial charge in [-0.05, 0) is 30.7 Å². The molecule has 0 amide bonds. The van der Waals surface area contributed by atoms with Crippen LogP contribution in [0.4, 0.5) is 5.69 Å². The maximum atomic E-state index is 12.2. The number of benzene rings is 2. The summed E-state index contributed by atoms with van der Waals surface area (Å²) in [6.07, 6.45) is 1.45. The second-order valence-corrected chi connectivity index (χ2v) is 5.59. The fourth-order valence-corrected chi connectivity index (χ4v) is 2.59. The van der Waals surface area contributed by atoms with Crippen LogP contribution >= 0.6 is 24.0 Å². The van der Waals surface area contributed by atoms with Crippen molar-refractivity contribution in [2.75, 3.05) is 12.6 Å². The molecule has 1 heterocycles. The lowest BCUT2D eigenvalue weighted by molar-refractivity contribution is 0.0596. The number of para-hydroxylation sites is 2. The molecule has 3 rings (SSSR count). The highest BCUT2D eigenvalue weighted by Crippen LogP contribution is 2.26. The Morgan fingerprint density at radius 3 is 2.68 bits per heavy atom. The van der Waals surface area contributed by atoms with Gasteiger partial charge in [0.05, 0.1) is 23.4 Å². The monoisotopic (exact) mass is 378 g/mol. The number of ether oxygens (including phenoxy) is 1. The van der Waals surface area contributed by atoms with Gasteiger partial charge in [-0.15, -0.1) is 12.4 Å². The summed E-state index contributed by atoms with van der Waals surface area (Å²) in [5, 5.41) is 1.27. The van der Waals surface area contributed by atoms with Gasteiger partial charge in [-0.2, -0.15) is 0 Å². The molecule has 1 N–H and O–H groups in total. The number of hydrogen-bond acceptors (Lipinski definition) is 5. The summed E-state index contributed by atoms with van der Waals surface area (Å²) in [7, 11) is 1.58. The molecule has 0 saturated carbocycles. The minimum atomic E-state index is -0.550. The topological polar surface area (TPSA) is 60.5 Å². The van der Waals surface area contributed by atoms with Gasteiger partial charge >= 0.3 is 5.97 Å².